The van der Waals surface area contributed by atoms with Gasteiger partial charge in [-0.1, -0.05) is 206 Å². The summed E-state index contributed by atoms with van der Waals surface area (Å²) in [6, 6.07) is 0. The van der Waals surface area contributed by atoms with Crippen LogP contribution in [0.5, 0.6) is 0 Å². The molecule has 0 aromatic rings. The Bertz CT molecular complexity index is 493. The van der Waals surface area contributed by atoms with E-state index in [1.807, 2.05) is 0 Å². The Morgan fingerprint density at radius 2 is 0.524 bits per heavy atom. The second-order valence-corrected chi connectivity index (χ2v) is 14.1. The van der Waals surface area contributed by atoms with Crippen LogP contribution in [0.1, 0.15) is 219 Å². The largest absolute Gasteiger partial charge is 2.00 e. The molecule has 6 heteroatoms. The van der Waals surface area contributed by atoms with Crippen molar-refractivity contribution >= 4 is 7.82 Å². The van der Waals surface area contributed by atoms with E-state index in [4.69, 9.17) is 9.05 Å². The van der Waals surface area contributed by atoms with Crippen LogP contribution in [-0.4, -0.2) is 13.2 Å². The van der Waals surface area contributed by atoms with Crippen molar-refractivity contribution in [2.24, 2.45) is 0 Å². The fourth-order valence-electron chi connectivity index (χ4n) is 5.69. The first kappa shape index (κ1) is 44.8. The predicted molar refractivity (Wildman–Crippen MR) is 179 cm³/mol. The van der Waals surface area contributed by atoms with Crippen LogP contribution >= 0.6 is 7.82 Å². The van der Waals surface area contributed by atoms with E-state index in [1.165, 1.54) is 180 Å². The second-order valence-electron chi connectivity index (χ2n) is 12.7. The van der Waals surface area contributed by atoms with E-state index in [-0.39, 0.29) is 30.3 Å². The Morgan fingerprint density at radius 3 is 0.714 bits per heavy atom. The molecule has 0 spiro atoms. The maximum atomic E-state index is 11.9. The number of phosphoric acid groups is 1. The first-order valence-electron chi connectivity index (χ1n) is 18.7. The summed E-state index contributed by atoms with van der Waals surface area (Å²) >= 11 is 0. The summed E-state index contributed by atoms with van der Waals surface area (Å²) in [5.41, 5.74) is 0. The van der Waals surface area contributed by atoms with E-state index in [9.17, 15) is 9.46 Å². The van der Waals surface area contributed by atoms with Crippen LogP contribution in [0.15, 0.2) is 0 Å². The summed E-state index contributed by atoms with van der Waals surface area (Å²) in [5, 5.41) is 0. The van der Waals surface area contributed by atoms with Crippen molar-refractivity contribution in [3.8, 4) is 0 Å². The molecule has 0 aliphatic rings. The molecule has 0 rings (SSSR count). The number of hydrogen-bond acceptors (Lipinski definition) is 4. The van der Waals surface area contributed by atoms with Gasteiger partial charge in [-0.05, 0) is 12.8 Å². The quantitative estimate of drug-likeness (QED) is 0.0382. The smallest absolute Gasteiger partial charge is 0.756 e. The van der Waals surface area contributed by atoms with Crippen LogP contribution in [-0.2, 0) is 30.7 Å². The molecule has 0 aliphatic carbocycles. The number of unbranched alkanes of at least 4 members (excludes halogenated alkanes) is 30. The Kier molecular flexibility index (Phi) is 40.3. The first-order chi connectivity index (χ1) is 20.1. The molecular weight excluding hydrogens is 583 g/mol. The van der Waals surface area contributed by atoms with Gasteiger partial charge in [-0.25, -0.2) is 0 Å². The van der Waals surface area contributed by atoms with Crippen molar-refractivity contribution < 1.29 is 35.6 Å². The zero-order valence-corrected chi connectivity index (χ0v) is 30.5. The van der Waals surface area contributed by atoms with E-state index in [1.54, 1.807) is 0 Å². The Hall–Kier alpha value is 0.629. The van der Waals surface area contributed by atoms with Gasteiger partial charge in [0.05, 0.1) is 13.2 Å². The van der Waals surface area contributed by atoms with Crippen LogP contribution in [0, 0.1) is 0 Å². The van der Waals surface area contributed by atoms with Gasteiger partial charge in [-0.3, -0.25) is 4.57 Å². The van der Waals surface area contributed by atoms with E-state index in [0.29, 0.717) is 0 Å². The van der Waals surface area contributed by atoms with Gasteiger partial charge in [0.2, 0.25) is 0 Å². The van der Waals surface area contributed by atoms with Gasteiger partial charge in [0.15, 0.2) is 0 Å². The molecule has 0 amide bonds. The first-order valence-corrected chi connectivity index (χ1v) is 20.2. The van der Waals surface area contributed by atoms with Gasteiger partial charge in [-0.15, -0.1) is 0 Å². The second kappa shape index (κ2) is 37.8. The summed E-state index contributed by atoms with van der Waals surface area (Å²) in [6.07, 6.45) is 41.9. The Morgan fingerprint density at radius 1 is 0.357 bits per heavy atom. The topological polar surface area (TPSA) is 58.6 Å². The van der Waals surface area contributed by atoms with Crippen LogP contribution < -0.4 is 4.89 Å². The molecule has 0 saturated heterocycles. The van der Waals surface area contributed by atoms with Crippen molar-refractivity contribution in [3.63, 3.8) is 0 Å². The standard InChI is InChI=1S/C36H75O4P.Fe/c1-3-5-7-9-11-13-15-17-19-21-23-25-27-29-31-33-35-39-41(37,38)40-36-34-32-30-28-26-24-22-20-18-16-14-12-10-8-6-4-2;/h3-36H2,1-2H3,(H,37,38);/q;+2/p-1. The number of phosphoric ester groups is 1. The maximum Gasteiger partial charge on any atom is 2.00 e. The third kappa shape index (κ3) is 38.7. The minimum atomic E-state index is -4.12. The third-order valence-electron chi connectivity index (χ3n) is 8.49. The Balaban J connectivity index is 0. The average molecular weight is 658 g/mol. The summed E-state index contributed by atoms with van der Waals surface area (Å²) in [4.78, 5) is 11.9. The third-order valence-corrected chi connectivity index (χ3v) is 9.49. The fourth-order valence-corrected chi connectivity index (χ4v) is 6.47. The molecule has 0 unspecified atom stereocenters. The van der Waals surface area contributed by atoms with E-state index < -0.39 is 7.82 Å². The number of rotatable bonds is 36. The minimum absolute atomic E-state index is 0. The van der Waals surface area contributed by atoms with E-state index >= 15 is 0 Å². The molecule has 0 atom stereocenters. The molecular formula is C36H74FeO4P+. The molecule has 0 N–H and O–H groups in total. The number of hydrogen-bond donors (Lipinski definition) is 0. The molecule has 0 aliphatic heterocycles. The maximum absolute atomic E-state index is 11.9. The van der Waals surface area contributed by atoms with Gasteiger partial charge in [0.1, 0.15) is 0 Å². The van der Waals surface area contributed by atoms with Gasteiger partial charge in [0, 0.05) is 0 Å². The van der Waals surface area contributed by atoms with Crippen LogP contribution in [0.2, 0.25) is 0 Å². The normalized spacial score (nSPS) is 11.7. The molecule has 4 nitrogen and oxygen atoms in total. The SMILES string of the molecule is CCCCCCCCCCCCCCCCCCOP(=O)([O-])OCCCCCCCCCCCCCCCCCC.[Fe+2]. The van der Waals surface area contributed by atoms with Crippen molar-refractivity contribution in [3.05, 3.63) is 0 Å². The molecule has 0 saturated carbocycles. The predicted octanol–water partition coefficient (Wildman–Crippen LogP) is 13.0. The summed E-state index contributed by atoms with van der Waals surface area (Å²) < 4.78 is 22.0. The molecule has 0 radical (unpaired) electrons. The summed E-state index contributed by atoms with van der Waals surface area (Å²) in [7, 11) is -4.12. The van der Waals surface area contributed by atoms with E-state index in [0.717, 1.165) is 25.7 Å². The summed E-state index contributed by atoms with van der Waals surface area (Å²) in [6.45, 7) is 5.08. The van der Waals surface area contributed by atoms with Crippen molar-refractivity contribution in [2.75, 3.05) is 13.2 Å². The van der Waals surface area contributed by atoms with Crippen LogP contribution in [0.4, 0.5) is 0 Å². The molecule has 0 heterocycles. The fraction of sp³-hybridized carbons (Fsp3) is 1.00. The van der Waals surface area contributed by atoms with Crippen LogP contribution in [0.25, 0.3) is 0 Å². The summed E-state index contributed by atoms with van der Waals surface area (Å²) in [5.74, 6) is 0. The van der Waals surface area contributed by atoms with Crippen molar-refractivity contribution in [2.45, 2.75) is 219 Å². The van der Waals surface area contributed by atoms with Crippen molar-refractivity contribution in [1.29, 1.82) is 0 Å². The Labute approximate surface area is 275 Å². The van der Waals surface area contributed by atoms with Gasteiger partial charge in [-0.2, -0.15) is 0 Å². The van der Waals surface area contributed by atoms with Gasteiger partial charge >= 0.3 is 17.1 Å². The molecule has 0 fully saturated rings. The van der Waals surface area contributed by atoms with E-state index in [2.05, 4.69) is 13.8 Å². The molecule has 0 aromatic carbocycles. The van der Waals surface area contributed by atoms with Gasteiger partial charge in [0.25, 0.3) is 7.82 Å². The molecule has 42 heavy (non-hydrogen) atoms. The van der Waals surface area contributed by atoms with Crippen molar-refractivity contribution in [1.82, 2.24) is 0 Å². The van der Waals surface area contributed by atoms with Gasteiger partial charge < -0.3 is 13.9 Å². The average Bonchev–Trinajstić information content (AvgIpc) is 2.96. The monoisotopic (exact) mass is 657 g/mol. The molecule has 0 bridgehead atoms. The van der Waals surface area contributed by atoms with Crippen LogP contribution in [0.3, 0.4) is 0 Å². The minimum Gasteiger partial charge on any atom is -0.756 e. The zero-order valence-electron chi connectivity index (χ0n) is 28.5. The molecule has 0 aromatic heterocycles. The molecule has 254 valence electrons. The zero-order chi connectivity index (χ0) is 30.0.